The highest BCUT2D eigenvalue weighted by atomic mass is 79.9. The molecule has 0 saturated heterocycles. The van der Waals surface area contributed by atoms with Crippen LogP contribution in [-0.2, 0) is 11.5 Å². The lowest BCUT2D eigenvalue weighted by Gasteiger charge is -2.07. The van der Waals surface area contributed by atoms with Gasteiger partial charge in [0.2, 0.25) is 0 Å². The number of hydrogen-bond donors (Lipinski definition) is 1. The van der Waals surface area contributed by atoms with Crippen LogP contribution < -0.4 is 0 Å². The second kappa shape index (κ2) is 4.75. The number of nitrogens with one attached hydrogen (secondary N) is 1. The molecule has 0 fully saturated rings. The molecule has 6 heteroatoms. The summed E-state index contributed by atoms with van der Waals surface area (Å²) < 4.78 is 14.7. The van der Waals surface area contributed by atoms with E-state index in [1.54, 1.807) is 17.8 Å². The summed E-state index contributed by atoms with van der Waals surface area (Å²) in [6, 6.07) is 4.53. The highest BCUT2D eigenvalue weighted by Gasteiger charge is 2.17. The minimum Gasteiger partial charge on any atom is -0.342 e. The molecule has 1 aliphatic heterocycles. The third-order valence-corrected chi connectivity index (χ3v) is 4.80. The summed E-state index contributed by atoms with van der Waals surface area (Å²) in [4.78, 5) is 7.62. The van der Waals surface area contributed by atoms with E-state index in [9.17, 15) is 4.39 Å². The molecule has 0 bridgehead atoms. The third-order valence-electron chi connectivity index (χ3n) is 2.78. The van der Waals surface area contributed by atoms with E-state index in [1.807, 2.05) is 0 Å². The Balaban J connectivity index is 2.21. The molecule has 1 N–H and O–H groups in total. The minimum atomic E-state index is -0.288. The average molecular weight is 343 g/mol. The molecule has 1 aliphatic rings. The van der Waals surface area contributed by atoms with Crippen LogP contribution in [0.4, 0.5) is 4.39 Å². The summed E-state index contributed by atoms with van der Waals surface area (Å²) in [7, 11) is 0. The van der Waals surface area contributed by atoms with Gasteiger partial charge >= 0.3 is 0 Å². The Bertz CT molecular complexity index is 684. The first kappa shape index (κ1) is 12.3. The maximum absolute atomic E-state index is 13.3. The van der Waals surface area contributed by atoms with Crippen molar-refractivity contribution < 1.29 is 4.39 Å². The maximum atomic E-state index is 13.3. The van der Waals surface area contributed by atoms with Gasteiger partial charge in [-0.2, -0.15) is 11.8 Å². The van der Waals surface area contributed by atoms with Crippen molar-refractivity contribution in [3.63, 3.8) is 0 Å². The lowest BCUT2D eigenvalue weighted by atomic mass is 10.2. The Morgan fingerprint density at radius 2 is 2.22 bits per heavy atom. The van der Waals surface area contributed by atoms with Gasteiger partial charge in [-0.1, -0.05) is 28.1 Å². The molecular weight excluding hydrogens is 335 g/mol. The Hall–Kier alpha value is -0.720. The van der Waals surface area contributed by atoms with Gasteiger partial charge in [0.15, 0.2) is 0 Å². The van der Waals surface area contributed by atoms with E-state index in [4.69, 9.17) is 12.2 Å². The van der Waals surface area contributed by atoms with Crippen LogP contribution in [0.2, 0.25) is 0 Å². The van der Waals surface area contributed by atoms with Gasteiger partial charge in [0.1, 0.15) is 16.3 Å². The second-order valence-electron chi connectivity index (χ2n) is 3.96. The molecule has 1 aromatic heterocycles. The largest absolute Gasteiger partial charge is 0.342 e. The van der Waals surface area contributed by atoms with Crippen LogP contribution in [0.25, 0.3) is 11.4 Å². The minimum absolute atomic E-state index is 0.288. The molecule has 2 aromatic rings. The highest BCUT2D eigenvalue weighted by molar-refractivity contribution is 9.10. The predicted molar refractivity (Wildman–Crippen MR) is 77.5 cm³/mol. The molecule has 2 heterocycles. The monoisotopic (exact) mass is 342 g/mol. The number of thioether (sulfide) groups is 1. The number of benzene rings is 1. The number of halogens is 2. The van der Waals surface area contributed by atoms with Crippen molar-refractivity contribution in [2.45, 2.75) is 11.5 Å². The van der Waals surface area contributed by atoms with Crippen molar-refractivity contribution in [2.75, 3.05) is 0 Å². The first-order valence-electron chi connectivity index (χ1n) is 5.30. The van der Waals surface area contributed by atoms with E-state index in [0.29, 0.717) is 16.0 Å². The third kappa shape index (κ3) is 2.13. The molecule has 18 heavy (non-hydrogen) atoms. The SMILES string of the molecule is Fc1ccc(Br)c(-c2nc(=S)c3c([nH]2)CSC3)c1. The molecule has 3 rings (SSSR count). The van der Waals surface area contributed by atoms with Gasteiger partial charge in [0.05, 0.1) is 0 Å². The quantitative estimate of drug-likeness (QED) is 0.776. The summed E-state index contributed by atoms with van der Waals surface area (Å²) in [6.07, 6.45) is 0. The molecule has 0 aliphatic carbocycles. The molecule has 1 aromatic carbocycles. The van der Waals surface area contributed by atoms with E-state index in [-0.39, 0.29) is 5.82 Å². The van der Waals surface area contributed by atoms with Gasteiger partial charge in [-0.3, -0.25) is 0 Å². The lowest BCUT2D eigenvalue weighted by Crippen LogP contribution is -1.98. The van der Waals surface area contributed by atoms with Crippen LogP contribution in [0.5, 0.6) is 0 Å². The topological polar surface area (TPSA) is 28.7 Å². The zero-order valence-electron chi connectivity index (χ0n) is 9.17. The Morgan fingerprint density at radius 1 is 1.39 bits per heavy atom. The van der Waals surface area contributed by atoms with Gasteiger partial charge in [-0.05, 0) is 18.2 Å². The van der Waals surface area contributed by atoms with E-state index in [2.05, 4.69) is 25.9 Å². The molecule has 0 atom stereocenters. The fraction of sp³-hybridized carbons (Fsp3) is 0.167. The van der Waals surface area contributed by atoms with Crippen molar-refractivity contribution in [1.82, 2.24) is 9.97 Å². The van der Waals surface area contributed by atoms with Crippen molar-refractivity contribution in [1.29, 1.82) is 0 Å². The Morgan fingerprint density at radius 3 is 3.06 bits per heavy atom. The standard InChI is InChI=1S/C12H8BrFN2S2/c13-9-2-1-6(14)3-7(9)11-15-10-5-18-4-8(10)12(17)16-11/h1-3H,4-5H2,(H,15,16,17). The average Bonchev–Trinajstić information content (AvgIpc) is 2.81. The highest BCUT2D eigenvalue weighted by Crippen LogP contribution is 2.32. The van der Waals surface area contributed by atoms with Gasteiger partial charge < -0.3 is 4.98 Å². The van der Waals surface area contributed by atoms with E-state index >= 15 is 0 Å². The predicted octanol–water partition coefficient (Wildman–Crippen LogP) is 4.45. The molecule has 92 valence electrons. The molecule has 0 amide bonds. The molecule has 0 spiro atoms. The smallest absolute Gasteiger partial charge is 0.140 e. The van der Waals surface area contributed by atoms with Gasteiger partial charge in [-0.15, -0.1) is 0 Å². The van der Waals surface area contributed by atoms with Crippen LogP contribution >= 0.6 is 39.9 Å². The molecule has 0 saturated carbocycles. The zero-order valence-corrected chi connectivity index (χ0v) is 12.4. The molecule has 2 nitrogen and oxygen atoms in total. The van der Waals surface area contributed by atoms with Crippen molar-refractivity contribution >= 4 is 39.9 Å². The fourth-order valence-corrected chi connectivity index (χ4v) is 3.76. The Labute approximate surface area is 121 Å². The van der Waals surface area contributed by atoms with E-state index in [0.717, 1.165) is 27.2 Å². The number of hydrogen-bond acceptors (Lipinski definition) is 3. The van der Waals surface area contributed by atoms with Crippen molar-refractivity contribution in [3.05, 3.63) is 44.4 Å². The lowest BCUT2D eigenvalue weighted by molar-refractivity contribution is 0.628. The summed E-state index contributed by atoms with van der Waals surface area (Å²) in [5.74, 6) is 2.14. The summed E-state index contributed by atoms with van der Waals surface area (Å²) >= 11 is 10.5. The van der Waals surface area contributed by atoms with Crippen molar-refractivity contribution in [2.24, 2.45) is 0 Å². The number of H-pyrrole nitrogens is 1. The number of aromatic amines is 1. The van der Waals surface area contributed by atoms with E-state index < -0.39 is 0 Å². The van der Waals surface area contributed by atoms with Gasteiger partial charge in [-0.25, -0.2) is 9.37 Å². The summed E-state index contributed by atoms with van der Waals surface area (Å²) in [5.41, 5.74) is 2.90. The van der Waals surface area contributed by atoms with Gasteiger partial charge in [0, 0.05) is 32.8 Å². The number of nitrogens with zero attached hydrogens (tertiary/aromatic N) is 1. The normalized spacial score (nSPS) is 13.7. The van der Waals surface area contributed by atoms with Crippen LogP contribution in [0.3, 0.4) is 0 Å². The number of fused-ring (bicyclic) bond motifs is 1. The first-order chi connectivity index (χ1) is 8.65. The van der Waals surface area contributed by atoms with Crippen LogP contribution in [0.15, 0.2) is 22.7 Å². The summed E-state index contributed by atoms with van der Waals surface area (Å²) in [5, 5.41) is 0. The van der Waals surface area contributed by atoms with Crippen LogP contribution in [0, 0.1) is 10.5 Å². The first-order valence-corrected chi connectivity index (χ1v) is 7.66. The molecule has 0 radical (unpaired) electrons. The van der Waals surface area contributed by atoms with Gasteiger partial charge in [0.25, 0.3) is 0 Å². The number of rotatable bonds is 1. The maximum Gasteiger partial charge on any atom is 0.140 e. The number of aromatic nitrogens is 2. The van der Waals surface area contributed by atoms with Crippen LogP contribution in [0.1, 0.15) is 11.3 Å². The van der Waals surface area contributed by atoms with E-state index in [1.165, 1.54) is 12.1 Å². The molecule has 0 unspecified atom stereocenters. The fourth-order valence-electron chi connectivity index (χ4n) is 1.88. The second-order valence-corrected chi connectivity index (χ2v) is 6.19. The molecular formula is C12H8BrFN2S2. The van der Waals surface area contributed by atoms with Crippen LogP contribution in [-0.4, -0.2) is 9.97 Å². The summed E-state index contributed by atoms with van der Waals surface area (Å²) in [6.45, 7) is 0. The zero-order chi connectivity index (χ0) is 12.7. The Kier molecular flexibility index (Phi) is 3.25. The van der Waals surface area contributed by atoms with Crippen molar-refractivity contribution in [3.8, 4) is 11.4 Å².